The van der Waals surface area contributed by atoms with E-state index in [1.165, 1.54) is 37.8 Å². The third-order valence-corrected chi connectivity index (χ3v) is 11.0. The van der Waals surface area contributed by atoms with Gasteiger partial charge in [0, 0.05) is 0 Å². The molecule has 0 unspecified atom stereocenters. The normalized spacial score (nSPS) is 11.6. The average molecular weight is 407 g/mol. The van der Waals surface area contributed by atoms with E-state index in [1.54, 1.807) is 0 Å². The van der Waals surface area contributed by atoms with E-state index in [0.29, 0.717) is 0 Å². The molecule has 3 aromatic carbocycles. The minimum atomic E-state index is -2.60. The lowest BCUT2D eigenvalue weighted by molar-refractivity contribution is 1.09. The summed E-state index contributed by atoms with van der Waals surface area (Å²) in [5.41, 5.74) is 5.52. The number of rotatable bonds is 7. The Morgan fingerprint density at radius 2 is 0.893 bits per heavy atom. The van der Waals surface area contributed by atoms with Gasteiger partial charge in [-0.1, -0.05) is 94.4 Å². The highest BCUT2D eigenvalue weighted by Gasteiger charge is 2.38. The Labute approximate surface area is 176 Å². The number of aryl methyl sites for hydroxylation is 4. The van der Waals surface area contributed by atoms with Gasteiger partial charge in [0.1, 0.15) is 0 Å². The fourth-order valence-electron chi connectivity index (χ4n) is 3.91. The monoisotopic (exact) mass is 406 g/mol. The van der Waals surface area contributed by atoms with E-state index >= 15 is 0 Å². The molecule has 0 fully saturated rings. The van der Waals surface area contributed by atoms with Crippen molar-refractivity contribution in [3.63, 3.8) is 0 Å². The number of benzene rings is 3. The van der Waals surface area contributed by atoms with Gasteiger partial charge in [-0.3, -0.25) is 0 Å². The van der Waals surface area contributed by atoms with Crippen molar-refractivity contribution in [1.29, 1.82) is 0 Å². The molecule has 0 radical (unpaired) electrons. The topological polar surface area (TPSA) is 0 Å². The molecule has 3 aromatic rings. The zero-order valence-electron chi connectivity index (χ0n) is 17.6. The summed E-state index contributed by atoms with van der Waals surface area (Å²) in [7, 11) is -2.60. The van der Waals surface area contributed by atoms with Crippen LogP contribution in [0.2, 0.25) is 0 Å². The first-order valence-electron chi connectivity index (χ1n) is 10.6. The average Bonchev–Trinajstić information content (AvgIpc) is 2.78. The second-order valence-electron chi connectivity index (χ2n) is 7.52. The summed E-state index contributed by atoms with van der Waals surface area (Å²) in [5, 5.41) is 3.89. The van der Waals surface area contributed by atoms with Crippen LogP contribution in [0, 0.1) is 0 Å². The van der Waals surface area contributed by atoms with Crippen molar-refractivity contribution in [2.75, 3.05) is 0 Å². The van der Waals surface area contributed by atoms with Crippen LogP contribution in [-0.2, 0) is 25.7 Å². The summed E-state index contributed by atoms with van der Waals surface area (Å²) in [6, 6.07) is 24.8. The summed E-state index contributed by atoms with van der Waals surface area (Å²) in [4.78, 5) is 0. The lowest BCUT2D eigenvalue weighted by Gasteiger charge is -2.28. The molecule has 0 aliphatic carbocycles. The highest BCUT2D eigenvalue weighted by molar-refractivity contribution is 7.40. The lowest BCUT2D eigenvalue weighted by atomic mass is 10.1. The quantitative estimate of drug-likeness (QED) is 0.289. The molecule has 0 heterocycles. The zero-order valence-corrected chi connectivity index (χ0v) is 19.3. The van der Waals surface area contributed by atoms with E-state index in [-0.39, 0.29) is 0 Å². The minimum absolute atomic E-state index is 1.03. The Morgan fingerprint density at radius 1 is 0.536 bits per heavy atom. The van der Waals surface area contributed by atoms with Crippen molar-refractivity contribution in [2.45, 2.75) is 53.4 Å². The smallest absolute Gasteiger partial charge is 0.149 e. The molecule has 0 spiro atoms. The molecule has 2 heteroatoms. The molecule has 0 aromatic heterocycles. The van der Waals surface area contributed by atoms with Gasteiger partial charge < -0.3 is 0 Å². The van der Waals surface area contributed by atoms with Gasteiger partial charge in [-0.2, -0.15) is 0 Å². The largest absolute Gasteiger partial charge is 0.247 e. The molecule has 0 atom stereocenters. The molecular weight excluding hydrogens is 376 g/mol. The summed E-state index contributed by atoms with van der Waals surface area (Å²) in [5.74, 6) is 0. The van der Waals surface area contributed by atoms with Crippen molar-refractivity contribution in [1.82, 2.24) is 0 Å². The van der Waals surface area contributed by atoms with Gasteiger partial charge in [-0.25, -0.2) is 0 Å². The van der Waals surface area contributed by atoms with E-state index in [0.717, 1.165) is 25.7 Å². The van der Waals surface area contributed by atoms with Crippen LogP contribution in [0.25, 0.3) is 0 Å². The van der Waals surface area contributed by atoms with Crippen LogP contribution in [-0.4, -0.2) is 7.38 Å². The van der Waals surface area contributed by atoms with Crippen LogP contribution in [0.1, 0.15) is 49.9 Å². The van der Waals surface area contributed by atoms with Crippen molar-refractivity contribution >= 4 is 34.0 Å². The fraction of sp³-hybridized carbons (Fsp3) is 0.308. The Morgan fingerprint density at radius 3 is 1.21 bits per heavy atom. The number of halogens is 1. The highest BCUT2D eigenvalue weighted by Crippen LogP contribution is 2.18. The molecule has 0 aliphatic heterocycles. The molecule has 146 valence electrons. The van der Waals surface area contributed by atoms with E-state index in [2.05, 4.69) is 94.4 Å². The Kier molecular flexibility index (Phi) is 6.80. The second kappa shape index (κ2) is 9.11. The van der Waals surface area contributed by atoms with Gasteiger partial charge in [0.2, 0.25) is 7.38 Å². The van der Waals surface area contributed by atoms with E-state index in [9.17, 15) is 0 Å². The minimum Gasteiger partial charge on any atom is -0.149 e. The molecule has 0 aliphatic rings. The third-order valence-electron chi connectivity index (χ3n) is 5.71. The van der Waals surface area contributed by atoms with Crippen LogP contribution in [0.5, 0.6) is 0 Å². The van der Waals surface area contributed by atoms with Crippen LogP contribution in [0.4, 0.5) is 0 Å². The highest BCUT2D eigenvalue weighted by atomic mass is 35.6. The first-order chi connectivity index (χ1) is 13.5. The van der Waals surface area contributed by atoms with E-state index in [4.69, 9.17) is 11.1 Å². The summed E-state index contributed by atoms with van der Waals surface area (Å²) in [6.45, 7) is 8.91. The predicted molar refractivity (Wildman–Crippen MR) is 127 cm³/mol. The molecule has 0 nitrogen and oxygen atoms in total. The standard InChI is InChI=1S/C26H31ClSi/c1-5-20-14-21(6-2)17-25(16-20)28(27,24-12-10-9-11-13-24)26-18-22(7-3)15-23(8-4)19-26/h9-19H,5-8H2,1-4H3. The van der Waals surface area contributed by atoms with E-state index < -0.39 is 7.38 Å². The van der Waals surface area contributed by atoms with Gasteiger partial charge >= 0.3 is 0 Å². The molecule has 0 bridgehead atoms. The maximum atomic E-state index is 7.77. The van der Waals surface area contributed by atoms with Gasteiger partial charge in [0.05, 0.1) is 0 Å². The Bertz CT molecular complexity index is 830. The van der Waals surface area contributed by atoms with Crippen molar-refractivity contribution in [3.8, 4) is 0 Å². The van der Waals surface area contributed by atoms with Crippen LogP contribution in [0.15, 0.2) is 66.7 Å². The Balaban J connectivity index is 2.32. The fourth-order valence-corrected chi connectivity index (χ4v) is 8.13. The van der Waals surface area contributed by atoms with Crippen molar-refractivity contribution in [2.24, 2.45) is 0 Å². The SMILES string of the molecule is CCc1cc(CC)cc([Si](Cl)(c2ccccc2)c2cc(CC)cc(CC)c2)c1. The van der Waals surface area contributed by atoms with Crippen LogP contribution in [0.3, 0.4) is 0 Å². The molecule has 0 saturated carbocycles. The second-order valence-corrected chi connectivity index (χ2v) is 12.3. The molecule has 0 saturated heterocycles. The first-order valence-corrected chi connectivity index (χ1v) is 13.6. The summed E-state index contributed by atoms with van der Waals surface area (Å²) in [6.07, 6.45) is 4.14. The van der Waals surface area contributed by atoms with Gasteiger partial charge in [-0.05, 0) is 63.5 Å². The zero-order chi connectivity index (χ0) is 20.1. The van der Waals surface area contributed by atoms with Crippen molar-refractivity contribution < 1.29 is 0 Å². The third kappa shape index (κ3) is 4.11. The van der Waals surface area contributed by atoms with Gasteiger partial charge in [-0.15, -0.1) is 11.1 Å². The number of hydrogen-bond acceptors (Lipinski definition) is 0. The molecular formula is C26H31ClSi. The maximum Gasteiger partial charge on any atom is 0.247 e. The number of hydrogen-bond donors (Lipinski definition) is 0. The molecule has 3 rings (SSSR count). The molecule has 0 N–H and O–H groups in total. The predicted octanol–water partition coefficient (Wildman–Crippen LogP) is 5.14. The van der Waals surface area contributed by atoms with Crippen LogP contribution >= 0.6 is 11.1 Å². The first kappa shape index (κ1) is 20.9. The maximum absolute atomic E-state index is 7.77. The molecule has 0 amide bonds. The summed E-state index contributed by atoms with van der Waals surface area (Å²) < 4.78 is 0. The van der Waals surface area contributed by atoms with Gasteiger partial charge in [0.25, 0.3) is 0 Å². The summed E-state index contributed by atoms with van der Waals surface area (Å²) >= 11 is 7.77. The van der Waals surface area contributed by atoms with Crippen LogP contribution < -0.4 is 15.6 Å². The lowest BCUT2D eigenvalue weighted by Crippen LogP contribution is -2.63. The van der Waals surface area contributed by atoms with Crippen molar-refractivity contribution in [3.05, 3.63) is 89.0 Å². The Hall–Kier alpha value is -1.83. The van der Waals surface area contributed by atoms with E-state index in [1.807, 2.05) is 0 Å². The molecule has 28 heavy (non-hydrogen) atoms. The van der Waals surface area contributed by atoms with Gasteiger partial charge in [0.15, 0.2) is 0 Å².